The smallest absolute Gasteiger partial charge is 0.201 e. The van der Waals surface area contributed by atoms with Crippen molar-refractivity contribution >= 4 is 22.7 Å². The number of ether oxygens (including phenoxy) is 1. The Balaban J connectivity index is 1.78. The van der Waals surface area contributed by atoms with Gasteiger partial charge in [-0.05, 0) is 38.0 Å². The maximum Gasteiger partial charge on any atom is 0.201 e. The third-order valence-electron chi connectivity index (χ3n) is 3.33. The quantitative estimate of drug-likeness (QED) is 0.709. The number of rotatable bonds is 2. The molecule has 3 rings (SSSR count). The molecule has 0 amide bonds. The first-order valence-corrected chi connectivity index (χ1v) is 6.34. The Bertz CT molecular complexity index is 551. The van der Waals surface area contributed by atoms with Crippen molar-refractivity contribution in [3.05, 3.63) is 18.2 Å². The van der Waals surface area contributed by atoms with Crippen LogP contribution in [0, 0.1) is 0 Å². The molecule has 1 aromatic carbocycles. The van der Waals surface area contributed by atoms with Crippen LogP contribution in [-0.4, -0.2) is 28.7 Å². The van der Waals surface area contributed by atoms with E-state index in [9.17, 15) is 0 Å². The Labute approximate surface area is 106 Å². The molecule has 18 heavy (non-hydrogen) atoms. The molecular weight excluding hydrogens is 228 g/mol. The first-order valence-electron chi connectivity index (χ1n) is 6.34. The van der Waals surface area contributed by atoms with E-state index in [0.717, 1.165) is 42.1 Å². The predicted molar refractivity (Wildman–Crippen MR) is 72.6 cm³/mol. The molecule has 1 aliphatic rings. The molecule has 2 unspecified atom stereocenters. The number of benzene rings is 1. The molecule has 1 aliphatic heterocycles. The van der Waals surface area contributed by atoms with Crippen LogP contribution in [0.5, 0.6) is 0 Å². The topological polar surface area (TPSA) is 76.0 Å². The molecule has 96 valence electrons. The fourth-order valence-corrected chi connectivity index (χ4v) is 2.42. The number of H-pyrrole nitrogens is 1. The fraction of sp³-hybridized carbons (Fsp3) is 0.462. The molecule has 0 aliphatic carbocycles. The molecule has 0 bridgehead atoms. The van der Waals surface area contributed by atoms with Crippen LogP contribution < -0.4 is 11.1 Å². The fourth-order valence-electron chi connectivity index (χ4n) is 2.42. The normalized spacial score (nSPS) is 24.3. The Morgan fingerprint density at radius 2 is 2.39 bits per heavy atom. The Kier molecular flexibility index (Phi) is 2.83. The number of hydrogen-bond acceptors (Lipinski definition) is 4. The van der Waals surface area contributed by atoms with Gasteiger partial charge in [0.25, 0.3) is 0 Å². The maximum absolute atomic E-state index is 5.75. The van der Waals surface area contributed by atoms with Crippen LogP contribution in [0.1, 0.15) is 19.8 Å². The van der Waals surface area contributed by atoms with Crippen LogP contribution >= 0.6 is 0 Å². The highest BCUT2D eigenvalue weighted by atomic mass is 16.5. The molecule has 1 saturated heterocycles. The lowest BCUT2D eigenvalue weighted by atomic mass is 10.0. The SMILES string of the molecule is CC1CC(Nc2nc3ccc(N)cc3[nH]2)CCO1. The van der Waals surface area contributed by atoms with Crippen LogP contribution in [0.25, 0.3) is 11.0 Å². The van der Waals surface area contributed by atoms with E-state index in [1.807, 2.05) is 18.2 Å². The lowest BCUT2D eigenvalue weighted by Crippen LogP contribution is -2.32. The minimum atomic E-state index is 0.316. The first-order chi connectivity index (χ1) is 8.70. The number of nitrogens with zero attached hydrogens (tertiary/aromatic N) is 1. The summed E-state index contributed by atoms with van der Waals surface area (Å²) in [7, 11) is 0. The van der Waals surface area contributed by atoms with E-state index in [2.05, 4.69) is 22.2 Å². The zero-order valence-corrected chi connectivity index (χ0v) is 10.4. The molecule has 1 fully saturated rings. The molecule has 2 atom stereocenters. The molecule has 2 heterocycles. The van der Waals surface area contributed by atoms with Gasteiger partial charge in [0.2, 0.25) is 5.95 Å². The Hall–Kier alpha value is -1.75. The van der Waals surface area contributed by atoms with E-state index < -0.39 is 0 Å². The molecule has 0 saturated carbocycles. The van der Waals surface area contributed by atoms with Gasteiger partial charge in [0.05, 0.1) is 17.1 Å². The number of fused-ring (bicyclic) bond motifs is 1. The van der Waals surface area contributed by atoms with Crippen LogP contribution in [0.3, 0.4) is 0 Å². The molecule has 0 radical (unpaired) electrons. The lowest BCUT2D eigenvalue weighted by Gasteiger charge is -2.27. The van der Waals surface area contributed by atoms with E-state index in [4.69, 9.17) is 10.5 Å². The van der Waals surface area contributed by atoms with E-state index in [-0.39, 0.29) is 0 Å². The van der Waals surface area contributed by atoms with Gasteiger partial charge in [-0.15, -0.1) is 0 Å². The highest BCUT2D eigenvalue weighted by Gasteiger charge is 2.19. The average molecular weight is 246 g/mol. The molecule has 0 spiro atoms. The number of hydrogen-bond donors (Lipinski definition) is 3. The van der Waals surface area contributed by atoms with Gasteiger partial charge in [-0.25, -0.2) is 4.98 Å². The van der Waals surface area contributed by atoms with Gasteiger partial charge < -0.3 is 20.8 Å². The monoisotopic (exact) mass is 246 g/mol. The number of imidazole rings is 1. The summed E-state index contributed by atoms with van der Waals surface area (Å²) in [5, 5.41) is 3.43. The van der Waals surface area contributed by atoms with Crippen LogP contribution in [0.15, 0.2) is 18.2 Å². The second kappa shape index (κ2) is 4.49. The van der Waals surface area contributed by atoms with Crippen LogP contribution in [0.2, 0.25) is 0 Å². The minimum absolute atomic E-state index is 0.316. The second-order valence-electron chi connectivity index (χ2n) is 4.91. The van der Waals surface area contributed by atoms with E-state index >= 15 is 0 Å². The second-order valence-corrected chi connectivity index (χ2v) is 4.91. The summed E-state index contributed by atoms with van der Waals surface area (Å²) < 4.78 is 5.53. The summed E-state index contributed by atoms with van der Waals surface area (Å²) in [6.45, 7) is 2.92. The zero-order valence-electron chi connectivity index (χ0n) is 10.4. The number of nitrogen functional groups attached to an aromatic ring is 1. The number of nitrogens with one attached hydrogen (secondary N) is 2. The van der Waals surface area contributed by atoms with E-state index in [1.54, 1.807) is 0 Å². The largest absolute Gasteiger partial charge is 0.399 e. The van der Waals surface area contributed by atoms with Crippen molar-refractivity contribution in [1.29, 1.82) is 0 Å². The van der Waals surface area contributed by atoms with Gasteiger partial charge in [-0.3, -0.25) is 0 Å². The molecule has 5 nitrogen and oxygen atoms in total. The van der Waals surface area contributed by atoms with Crippen molar-refractivity contribution in [2.45, 2.75) is 31.9 Å². The highest BCUT2D eigenvalue weighted by molar-refractivity contribution is 5.80. The summed E-state index contributed by atoms with van der Waals surface area (Å²) >= 11 is 0. The summed E-state index contributed by atoms with van der Waals surface area (Å²) in [6, 6.07) is 6.12. The number of aromatic nitrogens is 2. The van der Waals surface area contributed by atoms with Crippen molar-refractivity contribution in [3.63, 3.8) is 0 Å². The van der Waals surface area contributed by atoms with Crippen molar-refractivity contribution < 1.29 is 4.74 Å². The lowest BCUT2D eigenvalue weighted by molar-refractivity contribution is 0.0231. The summed E-state index contributed by atoms with van der Waals surface area (Å²) in [6.07, 6.45) is 2.35. The van der Waals surface area contributed by atoms with Crippen LogP contribution in [-0.2, 0) is 4.74 Å². The van der Waals surface area contributed by atoms with Gasteiger partial charge in [0, 0.05) is 18.3 Å². The van der Waals surface area contributed by atoms with Gasteiger partial charge in [-0.2, -0.15) is 0 Å². The summed E-state index contributed by atoms with van der Waals surface area (Å²) in [4.78, 5) is 7.77. The third kappa shape index (κ3) is 2.26. The standard InChI is InChI=1S/C13H18N4O/c1-8-6-10(4-5-18-8)15-13-16-11-3-2-9(14)7-12(11)17-13/h2-3,7-8,10H,4-6,14H2,1H3,(H2,15,16,17). The van der Waals surface area contributed by atoms with Gasteiger partial charge in [0.1, 0.15) is 0 Å². The Morgan fingerprint density at radius 1 is 1.50 bits per heavy atom. The van der Waals surface area contributed by atoms with Crippen molar-refractivity contribution in [1.82, 2.24) is 9.97 Å². The summed E-state index contributed by atoms with van der Waals surface area (Å²) in [5.74, 6) is 0.815. The zero-order chi connectivity index (χ0) is 12.5. The van der Waals surface area contributed by atoms with Gasteiger partial charge in [0.15, 0.2) is 0 Å². The van der Waals surface area contributed by atoms with Crippen molar-refractivity contribution in [2.24, 2.45) is 0 Å². The molecule has 5 heteroatoms. The first kappa shape index (κ1) is 11.3. The molecule has 2 aromatic rings. The van der Waals surface area contributed by atoms with Crippen molar-refractivity contribution in [3.8, 4) is 0 Å². The Morgan fingerprint density at radius 3 is 3.22 bits per heavy atom. The maximum atomic E-state index is 5.75. The summed E-state index contributed by atoms with van der Waals surface area (Å²) in [5.41, 5.74) is 8.41. The number of nitrogens with two attached hydrogens (primary N) is 1. The molecule has 1 aromatic heterocycles. The van der Waals surface area contributed by atoms with Gasteiger partial charge in [-0.1, -0.05) is 0 Å². The average Bonchev–Trinajstić information content (AvgIpc) is 2.70. The van der Waals surface area contributed by atoms with E-state index in [0.29, 0.717) is 12.1 Å². The highest BCUT2D eigenvalue weighted by Crippen LogP contribution is 2.20. The predicted octanol–water partition coefficient (Wildman–Crippen LogP) is 2.12. The van der Waals surface area contributed by atoms with Crippen LogP contribution in [0.4, 0.5) is 11.6 Å². The third-order valence-corrected chi connectivity index (χ3v) is 3.33. The molecular formula is C13H18N4O. The van der Waals surface area contributed by atoms with Gasteiger partial charge >= 0.3 is 0 Å². The van der Waals surface area contributed by atoms with E-state index in [1.165, 1.54) is 0 Å². The molecule has 4 N–H and O–H groups in total. The number of aromatic amines is 1. The number of anilines is 2. The minimum Gasteiger partial charge on any atom is -0.399 e. The van der Waals surface area contributed by atoms with Crippen molar-refractivity contribution in [2.75, 3.05) is 17.7 Å².